The normalized spacial score (nSPS) is 11.0. The summed E-state index contributed by atoms with van der Waals surface area (Å²) in [5.74, 6) is -2.45. The van der Waals surface area contributed by atoms with Crippen LogP contribution in [0.4, 0.5) is 5.88 Å². The molecule has 1 aromatic carbocycles. The number of benzene rings is 1. The number of nitro groups is 1. The van der Waals surface area contributed by atoms with Crippen LogP contribution in [0.2, 0.25) is 0 Å². The van der Waals surface area contributed by atoms with Crippen molar-refractivity contribution in [3.63, 3.8) is 0 Å². The van der Waals surface area contributed by atoms with Gasteiger partial charge in [0, 0.05) is 17.1 Å². The lowest BCUT2D eigenvalue weighted by Crippen LogP contribution is -2.25. The third-order valence-corrected chi connectivity index (χ3v) is 4.38. The van der Waals surface area contributed by atoms with E-state index >= 15 is 0 Å². The van der Waals surface area contributed by atoms with Crippen LogP contribution >= 0.6 is 0 Å². The van der Waals surface area contributed by atoms with Gasteiger partial charge in [0.1, 0.15) is 22.8 Å². The molecule has 32 heavy (non-hydrogen) atoms. The largest absolute Gasteiger partial charge is 0.462 e. The number of carbonyl (C=O) groups excluding carboxylic acids is 3. The highest BCUT2D eigenvalue weighted by Gasteiger charge is 2.18. The van der Waals surface area contributed by atoms with Gasteiger partial charge >= 0.3 is 11.9 Å². The molecule has 11 nitrogen and oxygen atoms in total. The molecular weight excluding hydrogens is 422 g/mol. The van der Waals surface area contributed by atoms with Gasteiger partial charge in [-0.3, -0.25) is 24.5 Å². The van der Waals surface area contributed by atoms with Crippen molar-refractivity contribution in [1.29, 1.82) is 0 Å². The van der Waals surface area contributed by atoms with Crippen LogP contribution in [0.25, 0.3) is 17.0 Å². The van der Waals surface area contributed by atoms with Crippen LogP contribution in [-0.2, 0) is 16.1 Å². The van der Waals surface area contributed by atoms with Gasteiger partial charge in [0.15, 0.2) is 5.78 Å². The van der Waals surface area contributed by atoms with E-state index in [4.69, 9.17) is 14.9 Å². The summed E-state index contributed by atoms with van der Waals surface area (Å²) in [5, 5.41) is 10.7. The van der Waals surface area contributed by atoms with Crippen LogP contribution in [-0.4, -0.2) is 33.8 Å². The molecule has 0 aliphatic rings. The SMILES string of the molecule is CCOC(=O)c1cn(CC(N)=O)c2ccc(C(=O)/C=C/c3ccc([N+](=O)[O-])o3)cc2c1=O. The summed E-state index contributed by atoms with van der Waals surface area (Å²) in [6.07, 6.45) is 3.57. The van der Waals surface area contributed by atoms with Crippen molar-refractivity contribution in [2.45, 2.75) is 13.5 Å². The molecule has 2 aromatic heterocycles. The van der Waals surface area contributed by atoms with Gasteiger partial charge in [0.2, 0.25) is 11.3 Å². The van der Waals surface area contributed by atoms with Crippen molar-refractivity contribution in [2.75, 3.05) is 6.61 Å². The van der Waals surface area contributed by atoms with E-state index in [-0.39, 0.29) is 35.4 Å². The van der Waals surface area contributed by atoms with Gasteiger partial charge in [-0.25, -0.2) is 4.79 Å². The number of ether oxygens (including phenoxy) is 1. The number of amides is 1. The van der Waals surface area contributed by atoms with Crippen LogP contribution in [0, 0.1) is 10.1 Å². The van der Waals surface area contributed by atoms with E-state index in [1.54, 1.807) is 6.92 Å². The first kappa shape index (κ1) is 22.2. The van der Waals surface area contributed by atoms with Crippen molar-refractivity contribution < 1.29 is 28.5 Å². The lowest BCUT2D eigenvalue weighted by Gasteiger charge is -2.12. The third-order valence-electron chi connectivity index (χ3n) is 4.38. The van der Waals surface area contributed by atoms with E-state index in [0.29, 0.717) is 5.52 Å². The number of allylic oxidation sites excluding steroid dienone is 1. The average Bonchev–Trinajstić information content (AvgIpc) is 3.23. The Kier molecular flexibility index (Phi) is 6.29. The Morgan fingerprint density at radius 1 is 1.25 bits per heavy atom. The molecule has 11 heteroatoms. The first-order valence-corrected chi connectivity index (χ1v) is 9.30. The van der Waals surface area contributed by atoms with E-state index in [0.717, 1.165) is 12.1 Å². The van der Waals surface area contributed by atoms with Gasteiger partial charge in [-0.05, 0) is 43.3 Å². The minimum Gasteiger partial charge on any atom is -0.462 e. The van der Waals surface area contributed by atoms with E-state index in [9.17, 15) is 29.3 Å². The van der Waals surface area contributed by atoms with Crippen LogP contribution in [0.1, 0.15) is 33.4 Å². The van der Waals surface area contributed by atoms with Crippen molar-refractivity contribution in [2.24, 2.45) is 5.73 Å². The number of hydrogen-bond acceptors (Lipinski definition) is 8. The lowest BCUT2D eigenvalue weighted by molar-refractivity contribution is -0.402. The van der Waals surface area contributed by atoms with Gasteiger partial charge in [0.25, 0.3) is 0 Å². The zero-order chi connectivity index (χ0) is 23.4. The van der Waals surface area contributed by atoms with Crippen molar-refractivity contribution in [1.82, 2.24) is 4.57 Å². The molecule has 0 aliphatic carbocycles. The Morgan fingerprint density at radius 2 is 2.00 bits per heavy atom. The van der Waals surface area contributed by atoms with Gasteiger partial charge in [-0.1, -0.05) is 0 Å². The molecule has 164 valence electrons. The number of primary amides is 1. The molecule has 0 atom stereocenters. The molecule has 1 amide bonds. The number of hydrogen-bond donors (Lipinski definition) is 1. The summed E-state index contributed by atoms with van der Waals surface area (Å²) in [7, 11) is 0. The summed E-state index contributed by atoms with van der Waals surface area (Å²) < 4.78 is 11.2. The van der Waals surface area contributed by atoms with Gasteiger partial charge in [-0.2, -0.15) is 0 Å². The zero-order valence-corrected chi connectivity index (χ0v) is 16.8. The van der Waals surface area contributed by atoms with E-state index in [2.05, 4.69) is 0 Å². The predicted octanol–water partition coefficient (Wildman–Crippen LogP) is 2.06. The molecule has 3 rings (SSSR count). The van der Waals surface area contributed by atoms with E-state index in [1.807, 2.05) is 0 Å². The molecular formula is C21H17N3O8. The molecule has 0 saturated heterocycles. The number of furan rings is 1. The summed E-state index contributed by atoms with van der Waals surface area (Å²) in [6.45, 7) is 1.33. The summed E-state index contributed by atoms with van der Waals surface area (Å²) in [5.41, 5.74) is 4.70. The maximum Gasteiger partial charge on any atom is 0.433 e. The number of nitrogens with zero attached hydrogens (tertiary/aromatic N) is 2. The van der Waals surface area contributed by atoms with E-state index < -0.39 is 33.9 Å². The maximum absolute atomic E-state index is 12.9. The predicted molar refractivity (Wildman–Crippen MR) is 112 cm³/mol. The van der Waals surface area contributed by atoms with E-state index in [1.165, 1.54) is 41.1 Å². The highest BCUT2D eigenvalue weighted by atomic mass is 16.6. The standard InChI is InChI=1S/C21H17N3O8/c1-2-31-21(28)15-10-23(11-18(22)26)16-6-3-12(9-14(16)20(15)27)17(25)7-4-13-5-8-19(32-13)24(29)30/h3-10H,2,11H2,1H3,(H2,22,26)/b7-4+. The van der Waals surface area contributed by atoms with Crippen LogP contribution in [0.15, 0.2) is 51.8 Å². The molecule has 0 fully saturated rings. The average molecular weight is 439 g/mol. The number of aromatic nitrogens is 1. The Morgan fingerprint density at radius 3 is 2.62 bits per heavy atom. The fourth-order valence-electron chi connectivity index (χ4n) is 2.99. The Hall–Kier alpha value is -4.54. The lowest BCUT2D eigenvalue weighted by atomic mass is 10.0. The summed E-state index contributed by atoms with van der Waals surface area (Å²) in [6, 6.07) is 6.65. The molecule has 0 aliphatic heterocycles. The van der Waals surface area contributed by atoms with Crippen molar-refractivity contribution in [3.8, 4) is 0 Å². The number of rotatable bonds is 8. The monoisotopic (exact) mass is 439 g/mol. The zero-order valence-electron chi connectivity index (χ0n) is 16.8. The van der Waals surface area contributed by atoms with Crippen molar-refractivity contribution in [3.05, 3.63) is 79.8 Å². The molecule has 3 aromatic rings. The Balaban J connectivity index is 2.04. The van der Waals surface area contributed by atoms with Gasteiger partial charge in [-0.15, -0.1) is 0 Å². The fourth-order valence-corrected chi connectivity index (χ4v) is 2.99. The van der Waals surface area contributed by atoms with Gasteiger partial charge in [0.05, 0.1) is 18.2 Å². The highest BCUT2D eigenvalue weighted by Crippen LogP contribution is 2.19. The second kappa shape index (κ2) is 9.08. The second-order valence-corrected chi connectivity index (χ2v) is 6.55. The Bertz CT molecular complexity index is 1330. The number of pyridine rings is 1. The minimum absolute atomic E-state index is 0.0182. The summed E-state index contributed by atoms with van der Waals surface area (Å²) >= 11 is 0. The van der Waals surface area contributed by atoms with Crippen LogP contribution < -0.4 is 11.2 Å². The molecule has 0 unspecified atom stereocenters. The number of nitrogens with two attached hydrogens (primary N) is 1. The second-order valence-electron chi connectivity index (χ2n) is 6.55. The number of ketones is 1. The topological polar surface area (TPSA) is 165 Å². The molecule has 0 bridgehead atoms. The molecule has 0 saturated carbocycles. The van der Waals surface area contributed by atoms with Crippen molar-refractivity contribution >= 4 is 40.5 Å². The quantitative estimate of drug-likeness (QED) is 0.183. The molecule has 0 spiro atoms. The number of carbonyl (C=O) groups is 3. The third kappa shape index (κ3) is 4.61. The first-order chi connectivity index (χ1) is 15.2. The number of esters is 1. The van der Waals surface area contributed by atoms with Crippen LogP contribution in [0.5, 0.6) is 0 Å². The molecule has 2 heterocycles. The van der Waals surface area contributed by atoms with Gasteiger partial charge < -0.3 is 19.5 Å². The van der Waals surface area contributed by atoms with Crippen LogP contribution in [0.3, 0.4) is 0 Å². The smallest absolute Gasteiger partial charge is 0.433 e. The molecule has 0 radical (unpaired) electrons. The maximum atomic E-state index is 12.9. The summed E-state index contributed by atoms with van der Waals surface area (Å²) in [4.78, 5) is 59.0. The first-order valence-electron chi connectivity index (χ1n) is 9.30. The molecule has 2 N–H and O–H groups in total. The Labute approximate surface area is 179 Å². The number of fused-ring (bicyclic) bond motifs is 1. The fraction of sp³-hybridized carbons (Fsp3) is 0.143. The highest BCUT2D eigenvalue weighted by molar-refractivity contribution is 6.08. The minimum atomic E-state index is -0.867.